The number of aromatic nitrogens is 2. The number of non-ortho nitro benzene ring substituents is 1. The minimum atomic E-state index is -0.638. The van der Waals surface area contributed by atoms with Crippen LogP contribution in [0.4, 0.5) is 10.1 Å². The predicted octanol–water partition coefficient (Wildman–Crippen LogP) is 2.74. The van der Waals surface area contributed by atoms with Gasteiger partial charge in [0.05, 0.1) is 11.0 Å². The fourth-order valence-electron chi connectivity index (χ4n) is 1.02. The molecule has 0 saturated carbocycles. The Morgan fingerprint density at radius 3 is 2.88 bits per heavy atom. The highest BCUT2D eigenvalue weighted by Gasteiger charge is 2.11. The van der Waals surface area contributed by atoms with Gasteiger partial charge in [-0.25, -0.2) is 4.39 Å². The van der Waals surface area contributed by atoms with Gasteiger partial charge >= 0.3 is 0 Å². The first kappa shape index (κ1) is 11.0. The molecule has 0 unspecified atom stereocenters. The summed E-state index contributed by atoms with van der Waals surface area (Å²) in [5.41, 5.74) is 1.27. The van der Waals surface area contributed by atoms with E-state index in [4.69, 9.17) is 0 Å². The number of rotatable bonds is 3. The van der Waals surface area contributed by atoms with Crippen molar-refractivity contribution in [2.45, 2.75) is 9.24 Å². The van der Waals surface area contributed by atoms with Crippen molar-refractivity contribution in [2.24, 2.45) is 0 Å². The van der Waals surface area contributed by atoms with Crippen molar-refractivity contribution in [3.63, 3.8) is 0 Å². The third-order valence-electron chi connectivity index (χ3n) is 1.61. The van der Waals surface area contributed by atoms with E-state index in [9.17, 15) is 14.5 Å². The molecule has 0 bridgehead atoms. The van der Waals surface area contributed by atoms with Crippen LogP contribution in [-0.2, 0) is 0 Å². The summed E-state index contributed by atoms with van der Waals surface area (Å²) in [7, 11) is 0. The molecule has 0 amide bonds. The highest BCUT2D eigenvalue weighted by atomic mass is 32.2. The minimum Gasteiger partial charge on any atom is -0.258 e. The molecule has 0 radical (unpaired) electrons. The summed E-state index contributed by atoms with van der Waals surface area (Å²) in [5.74, 6) is -0.638. The van der Waals surface area contributed by atoms with Gasteiger partial charge < -0.3 is 0 Å². The van der Waals surface area contributed by atoms with Gasteiger partial charge in [0.15, 0.2) is 4.34 Å². The number of hydrogen-bond donors (Lipinski definition) is 0. The van der Waals surface area contributed by atoms with Gasteiger partial charge in [0.2, 0.25) is 0 Å². The van der Waals surface area contributed by atoms with Gasteiger partial charge in [0.25, 0.3) is 5.69 Å². The number of nitro benzene ring substituents is 1. The molecule has 82 valence electrons. The van der Waals surface area contributed by atoms with Crippen LogP contribution in [0.3, 0.4) is 0 Å². The lowest BCUT2D eigenvalue weighted by Crippen LogP contribution is -1.89. The van der Waals surface area contributed by atoms with Crippen molar-refractivity contribution in [1.29, 1.82) is 0 Å². The van der Waals surface area contributed by atoms with Gasteiger partial charge in [-0.1, -0.05) is 23.1 Å². The second kappa shape index (κ2) is 4.54. The Morgan fingerprint density at radius 2 is 2.25 bits per heavy atom. The lowest BCUT2D eigenvalue weighted by molar-refractivity contribution is -0.385. The molecule has 1 aromatic heterocycles. The maximum atomic E-state index is 13.1. The van der Waals surface area contributed by atoms with E-state index in [2.05, 4.69) is 10.2 Å². The molecule has 2 aromatic rings. The quantitative estimate of drug-likeness (QED) is 0.624. The van der Waals surface area contributed by atoms with Gasteiger partial charge in [-0.2, -0.15) is 0 Å². The lowest BCUT2D eigenvalue weighted by Gasteiger charge is -1.98. The average Bonchev–Trinajstić information content (AvgIpc) is 2.69. The number of nitrogens with zero attached hydrogens (tertiary/aromatic N) is 3. The molecule has 1 heterocycles. The van der Waals surface area contributed by atoms with E-state index in [1.54, 1.807) is 0 Å². The molecule has 0 aliphatic heterocycles. The maximum Gasteiger partial charge on any atom is 0.273 e. The Kier molecular flexibility index (Phi) is 3.11. The van der Waals surface area contributed by atoms with Gasteiger partial charge in [0, 0.05) is 11.0 Å². The Bertz CT molecular complexity index is 518. The normalized spacial score (nSPS) is 10.3. The van der Waals surface area contributed by atoms with Gasteiger partial charge in [-0.15, -0.1) is 10.2 Å². The van der Waals surface area contributed by atoms with Crippen molar-refractivity contribution in [2.75, 3.05) is 0 Å². The van der Waals surface area contributed by atoms with Gasteiger partial charge in [-0.05, 0) is 6.07 Å². The number of halogens is 1. The van der Waals surface area contributed by atoms with Crippen LogP contribution in [0.5, 0.6) is 0 Å². The summed E-state index contributed by atoms with van der Waals surface area (Å²) in [4.78, 5) is 10.3. The zero-order valence-corrected chi connectivity index (χ0v) is 9.29. The van der Waals surface area contributed by atoms with E-state index >= 15 is 0 Å². The summed E-state index contributed by atoms with van der Waals surface area (Å²) in [5, 5.41) is 17.9. The van der Waals surface area contributed by atoms with E-state index in [1.807, 2.05) is 0 Å². The van der Waals surface area contributed by atoms with Crippen LogP contribution in [-0.4, -0.2) is 15.1 Å². The Balaban J connectivity index is 2.31. The van der Waals surface area contributed by atoms with Crippen LogP contribution in [0.15, 0.2) is 32.9 Å². The predicted molar refractivity (Wildman–Crippen MR) is 57.1 cm³/mol. The first-order valence-electron chi connectivity index (χ1n) is 4.04. The topological polar surface area (TPSA) is 68.9 Å². The highest BCUT2D eigenvalue weighted by Crippen LogP contribution is 2.31. The van der Waals surface area contributed by atoms with E-state index in [0.717, 1.165) is 17.8 Å². The molecular weight excluding hydrogens is 253 g/mol. The second-order valence-electron chi connectivity index (χ2n) is 2.71. The first-order chi connectivity index (χ1) is 7.65. The number of nitro groups is 1. The van der Waals surface area contributed by atoms with Crippen LogP contribution in [0, 0.1) is 15.9 Å². The number of hydrogen-bond acceptors (Lipinski definition) is 6. The van der Waals surface area contributed by atoms with Crippen LogP contribution < -0.4 is 0 Å². The van der Waals surface area contributed by atoms with Crippen LogP contribution >= 0.6 is 23.1 Å². The highest BCUT2D eigenvalue weighted by molar-refractivity contribution is 8.01. The summed E-state index contributed by atoms with van der Waals surface area (Å²) in [6.07, 6.45) is 0. The zero-order valence-electron chi connectivity index (χ0n) is 7.66. The molecule has 0 saturated heterocycles. The Labute approximate surface area is 97.5 Å². The molecule has 0 aliphatic rings. The molecule has 0 N–H and O–H groups in total. The SMILES string of the molecule is O=[N+]([O-])c1cc(F)cc(Sc2nncs2)c1. The smallest absolute Gasteiger partial charge is 0.258 e. The fraction of sp³-hybridized carbons (Fsp3) is 0. The first-order valence-corrected chi connectivity index (χ1v) is 5.74. The second-order valence-corrected chi connectivity index (χ2v) is 4.86. The van der Waals surface area contributed by atoms with Crippen molar-refractivity contribution in [3.05, 3.63) is 39.6 Å². The van der Waals surface area contributed by atoms with Gasteiger partial charge in [0.1, 0.15) is 11.3 Å². The summed E-state index contributed by atoms with van der Waals surface area (Å²) in [6, 6.07) is 3.40. The van der Waals surface area contributed by atoms with E-state index < -0.39 is 10.7 Å². The van der Waals surface area contributed by atoms with Crippen LogP contribution in [0.2, 0.25) is 0 Å². The molecule has 2 rings (SSSR count). The van der Waals surface area contributed by atoms with E-state index in [-0.39, 0.29) is 5.69 Å². The molecule has 8 heteroatoms. The summed E-state index contributed by atoms with van der Waals surface area (Å²) >= 11 is 2.43. The Morgan fingerprint density at radius 1 is 1.44 bits per heavy atom. The molecular formula is C8H4FN3O2S2. The molecule has 0 fully saturated rings. The lowest BCUT2D eigenvalue weighted by atomic mass is 10.3. The maximum absolute atomic E-state index is 13.1. The molecule has 0 spiro atoms. The average molecular weight is 257 g/mol. The monoisotopic (exact) mass is 257 g/mol. The van der Waals surface area contributed by atoms with Crippen molar-refractivity contribution < 1.29 is 9.31 Å². The third-order valence-corrected chi connectivity index (χ3v) is 3.36. The fourth-order valence-corrected chi connectivity index (χ4v) is 2.55. The third kappa shape index (κ3) is 2.52. The molecule has 5 nitrogen and oxygen atoms in total. The molecule has 0 atom stereocenters. The molecule has 0 aliphatic carbocycles. The number of benzene rings is 1. The summed E-state index contributed by atoms with van der Waals surface area (Å²) in [6.45, 7) is 0. The van der Waals surface area contributed by atoms with E-state index in [1.165, 1.54) is 29.0 Å². The van der Waals surface area contributed by atoms with Crippen LogP contribution in [0.25, 0.3) is 0 Å². The van der Waals surface area contributed by atoms with Crippen molar-refractivity contribution >= 4 is 28.8 Å². The van der Waals surface area contributed by atoms with Gasteiger partial charge in [-0.3, -0.25) is 10.1 Å². The van der Waals surface area contributed by atoms with Crippen LogP contribution in [0.1, 0.15) is 0 Å². The Hall–Kier alpha value is -1.54. The zero-order chi connectivity index (χ0) is 11.5. The minimum absolute atomic E-state index is 0.271. The summed E-state index contributed by atoms with van der Waals surface area (Å²) < 4.78 is 13.7. The van der Waals surface area contributed by atoms with Crippen molar-refractivity contribution in [3.8, 4) is 0 Å². The molecule has 1 aromatic carbocycles. The largest absolute Gasteiger partial charge is 0.273 e. The molecule has 16 heavy (non-hydrogen) atoms. The standard InChI is InChI=1S/C8H4FN3O2S2/c9-5-1-6(12(13)14)3-7(2-5)16-8-11-10-4-15-8/h1-4H. The van der Waals surface area contributed by atoms with Crippen molar-refractivity contribution in [1.82, 2.24) is 10.2 Å². The van der Waals surface area contributed by atoms with E-state index in [0.29, 0.717) is 9.24 Å².